The number of hydrogen-bond acceptors (Lipinski definition) is 2. The Bertz CT molecular complexity index is 211. The Kier molecular flexibility index (Phi) is 2.85. The van der Waals surface area contributed by atoms with Crippen LogP contribution in [0.5, 0.6) is 0 Å². The number of nitrogens with one attached hydrogen (secondary N) is 1. The average molecular weight is 209 g/mol. The molecule has 1 radical (unpaired) electrons. The van der Waals surface area contributed by atoms with Crippen LogP contribution < -0.4 is 5.32 Å². The quantitative estimate of drug-likeness (QED) is 0.712. The number of rotatable bonds is 1. The Hall–Kier alpha value is -0.0800. The number of nitrogens with zero attached hydrogens (tertiary/aromatic N) is 1. The van der Waals surface area contributed by atoms with E-state index in [-0.39, 0.29) is 11.1 Å². The Labute approximate surface area is 94.4 Å². The zero-order valence-electron chi connectivity index (χ0n) is 10.6. The topological polar surface area (TPSA) is 15.3 Å². The van der Waals surface area contributed by atoms with Gasteiger partial charge in [0.1, 0.15) is 0 Å². The lowest BCUT2D eigenvalue weighted by Crippen LogP contribution is -2.61. The van der Waals surface area contributed by atoms with Crippen molar-refractivity contribution < 1.29 is 0 Å². The first-order valence-electron chi connectivity index (χ1n) is 6.23. The van der Waals surface area contributed by atoms with Crippen molar-refractivity contribution in [1.29, 1.82) is 0 Å². The van der Waals surface area contributed by atoms with Gasteiger partial charge in [0.25, 0.3) is 0 Å². The zero-order valence-corrected chi connectivity index (χ0v) is 10.6. The molecule has 2 fully saturated rings. The van der Waals surface area contributed by atoms with Crippen LogP contribution in [0.1, 0.15) is 47.0 Å². The molecule has 15 heavy (non-hydrogen) atoms. The first-order valence-corrected chi connectivity index (χ1v) is 6.23. The molecule has 2 heterocycles. The summed E-state index contributed by atoms with van der Waals surface area (Å²) in [6, 6.07) is 0.773. The van der Waals surface area contributed by atoms with Gasteiger partial charge in [-0.25, -0.2) is 0 Å². The highest BCUT2D eigenvalue weighted by Crippen LogP contribution is 2.32. The maximum atomic E-state index is 3.75. The summed E-state index contributed by atoms with van der Waals surface area (Å²) < 4.78 is 0. The lowest BCUT2D eigenvalue weighted by atomic mass is 9.79. The molecule has 2 nitrogen and oxygen atoms in total. The number of hydrogen-bond donors (Lipinski definition) is 1. The van der Waals surface area contributed by atoms with Gasteiger partial charge in [0, 0.05) is 23.7 Å². The summed E-state index contributed by atoms with van der Waals surface area (Å²) >= 11 is 0. The SMILES string of the molecule is CC1(C)CC(N2C[CH]CC2)CC(C)(C)N1. The molecule has 1 N–H and O–H groups in total. The summed E-state index contributed by atoms with van der Waals surface area (Å²) in [4.78, 5) is 2.66. The first-order chi connectivity index (χ1) is 6.88. The van der Waals surface area contributed by atoms with Crippen molar-refractivity contribution in [2.45, 2.75) is 64.1 Å². The van der Waals surface area contributed by atoms with E-state index in [1.54, 1.807) is 0 Å². The summed E-state index contributed by atoms with van der Waals surface area (Å²) in [7, 11) is 0. The molecule has 0 saturated carbocycles. The van der Waals surface area contributed by atoms with Crippen molar-refractivity contribution in [1.82, 2.24) is 10.2 Å². The Balaban J connectivity index is 2.05. The predicted molar refractivity (Wildman–Crippen MR) is 64.8 cm³/mol. The minimum absolute atomic E-state index is 0.287. The third-order valence-electron chi connectivity index (χ3n) is 3.67. The summed E-state index contributed by atoms with van der Waals surface area (Å²) in [5.74, 6) is 0. The van der Waals surface area contributed by atoms with E-state index >= 15 is 0 Å². The lowest BCUT2D eigenvalue weighted by molar-refractivity contribution is 0.0819. The summed E-state index contributed by atoms with van der Waals surface area (Å²) in [6.45, 7) is 11.8. The fourth-order valence-electron chi connectivity index (χ4n) is 3.46. The number of likely N-dealkylation sites (tertiary alicyclic amines) is 1. The molecular formula is C13H25N2. The van der Waals surface area contributed by atoms with E-state index in [0.29, 0.717) is 0 Å². The van der Waals surface area contributed by atoms with Crippen molar-refractivity contribution in [2.24, 2.45) is 0 Å². The van der Waals surface area contributed by atoms with Crippen molar-refractivity contribution in [3.05, 3.63) is 6.42 Å². The van der Waals surface area contributed by atoms with Crippen LogP contribution in [0.2, 0.25) is 0 Å². The summed E-state index contributed by atoms with van der Waals surface area (Å²) in [6.07, 6.45) is 6.27. The molecule has 0 aromatic rings. The van der Waals surface area contributed by atoms with E-state index in [0.717, 1.165) is 6.04 Å². The van der Waals surface area contributed by atoms with Crippen molar-refractivity contribution in [3.8, 4) is 0 Å². The fourth-order valence-corrected chi connectivity index (χ4v) is 3.46. The molecule has 0 spiro atoms. The predicted octanol–water partition coefficient (Wildman–Crippen LogP) is 2.21. The minimum Gasteiger partial charge on any atom is -0.307 e. The van der Waals surface area contributed by atoms with Crippen molar-refractivity contribution >= 4 is 0 Å². The molecule has 2 rings (SSSR count). The van der Waals surface area contributed by atoms with Crippen LogP contribution in [0, 0.1) is 6.42 Å². The van der Waals surface area contributed by atoms with Crippen LogP contribution in [0.3, 0.4) is 0 Å². The molecule has 0 bridgehead atoms. The second kappa shape index (κ2) is 3.74. The second-order valence-electron chi connectivity index (χ2n) is 6.53. The standard InChI is InChI=1S/C13H25N2/c1-12(2)9-11(10-13(3,4)14-12)15-7-5-6-8-15/h5,11,14H,6-10H2,1-4H3. The normalized spacial score (nSPS) is 32.0. The third kappa shape index (κ3) is 2.73. The van der Waals surface area contributed by atoms with E-state index in [2.05, 4.69) is 44.3 Å². The molecule has 0 unspecified atom stereocenters. The molecule has 0 amide bonds. The van der Waals surface area contributed by atoms with Gasteiger partial charge in [0.05, 0.1) is 0 Å². The highest BCUT2D eigenvalue weighted by molar-refractivity contribution is 5.01. The molecule has 0 aliphatic carbocycles. The molecule has 2 heteroatoms. The van der Waals surface area contributed by atoms with Gasteiger partial charge in [-0.05, 0) is 59.9 Å². The molecule has 0 aromatic heterocycles. The highest BCUT2D eigenvalue weighted by Gasteiger charge is 2.40. The van der Waals surface area contributed by atoms with Gasteiger partial charge in [-0.15, -0.1) is 0 Å². The van der Waals surface area contributed by atoms with Gasteiger partial charge in [-0.3, -0.25) is 4.90 Å². The van der Waals surface area contributed by atoms with Gasteiger partial charge in [0.15, 0.2) is 0 Å². The van der Waals surface area contributed by atoms with Gasteiger partial charge in [0.2, 0.25) is 0 Å². The largest absolute Gasteiger partial charge is 0.307 e. The van der Waals surface area contributed by atoms with Crippen molar-refractivity contribution in [3.63, 3.8) is 0 Å². The van der Waals surface area contributed by atoms with Crippen LogP contribution in [-0.2, 0) is 0 Å². The highest BCUT2D eigenvalue weighted by atomic mass is 15.2. The second-order valence-corrected chi connectivity index (χ2v) is 6.53. The fraction of sp³-hybridized carbons (Fsp3) is 0.923. The van der Waals surface area contributed by atoms with E-state index in [4.69, 9.17) is 0 Å². The molecule has 0 aromatic carbocycles. The Morgan fingerprint density at radius 1 is 1.13 bits per heavy atom. The Morgan fingerprint density at radius 2 is 1.73 bits per heavy atom. The molecule has 2 saturated heterocycles. The molecule has 2 aliphatic rings. The van der Waals surface area contributed by atoms with Crippen LogP contribution in [-0.4, -0.2) is 35.1 Å². The first kappa shape index (κ1) is 11.4. The average Bonchev–Trinajstić information content (AvgIpc) is 2.48. The van der Waals surface area contributed by atoms with Crippen LogP contribution >= 0.6 is 0 Å². The maximum Gasteiger partial charge on any atom is 0.0145 e. The molecule has 2 aliphatic heterocycles. The van der Waals surface area contributed by atoms with E-state index in [9.17, 15) is 0 Å². The van der Waals surface area contributed by atoms with Gasteiger partial charge < -0.3 is 5.32 Å². The monoisotopic (exact) mass is 209 g/mol. The van der Waals surface area contributed by atoms with Crippen LogP contribution in [0.4, 0.5) is 0 Å². The van der Waals surface area contributed by atoms with Gasteiger partial charge in [-0.1, -0.05) is 0 Å². The minimum atomic E-state index is 0.287. The van der Waals surface area contributed by atoms with E-state index in [1.165, 1.54) is 32.4 Å². The summed E-state index contributed by atoms with van der Waals surface area (Å²) in [5, 5.41) is 3.75. The van der Waals surface area contributed by atoms with Crippen LogP contribution in [0.15, 0.2) is 0 Å². The molecule has 87 valence electrons. The van der Waals surface area contributed by atoms with Crippen molar-refractivity contribution in [2.75, 3.05) is 13.1 Å². The molecule has 0 atom stereocenters. The summed E-state index contributed by atoms with van der Waals surface area (Å²) in [5.41, 5.74) is 0.573. The van der Waals surface area contributed by atoms with Gasteiger partial charge >= 0.3 is 0 Å². The Morgan fingerprint density at radius 3 is 2.20 bits per heavy atom. The molecular weight excluding hydrogens is 184 g/mol. The smallest absolute Gasteiger partial charge is 0.0145 e. The third-order valence-corrected chi connectivity index (χ3v) is 3.67. The van der Waals surface area contributed by atoms with E-state index < -0.39 is 0 Å². The zero-order chi connectivity index (χ0) is 11.1. The maximum absolute atomic E-state index is 3.75. The number of piperidine rings is 1. The van der Waals surface area contributed by atoms with Crippen LogP contribution in [0.25, 0.3) is 0 Å². The lowest BCUT2D eigenvalue weighted by Gasteiger charge is -2.49. The van der Waals surface area contributed by atoms with E-state index in [1.807, 2.05) is 0 Å². The van der Waals surface area contributed by atoms with Gasteiger partial charge in [-0.2, -0.15) is 0 Å².